The van der Waals surface area contributed by atoms with E-state index in [1.165, 1.54) is 0 Å². The molecule has 0 saturated heterocycles. The minimum atomic E-state index is -0.675. The summed E-state index contributed by atoms with van der Waals surface area (Å²) in [5.41, 5.74) is 1.62. The first-order chi connectivity index (χ1) is 10.1. The maximum absolute atomic E-state index is 11.8. The van der Waals surface area contributed by atoms with Gasteiger partial charge in [-0.05, 0) is 37.5 Å². The quantitative estimate of drug-likeness (QED) is 0.740. The second-order valence-electron chi connectivity index (χ2n) is 5.65. The van der Waals surface area contributed by atoms with Crippen LogP contribution in [0.25, 0.3) is 0 Å². The fourth-order valence-corrected chi connectivity index (χ4v) is 2.64. The molecule has 21 heavy (non-hydrogen) atoms. The summed E-state index contributed by atoms with van der Waals surface area (Å²) in [4.78, 5) is 23.6. The topological polar surface area (TPSA) is 78.4 Å². The summed E-state index contributed by atoms with van der Waals surface area (Å²) in [7, 11) is 0. The van der Waals surface area contributed by atoms with Crippen LogP contribution in [0.5, 0.6) is 0 Å². The molecule has 1 aromatic carbocycles. The van der Waals surface area contributed by atoms with E-state index in [1.54, 1.807) is 12.1 Å². The van der Waals surface area contributed by atoms with Crippen LogP contribution in [0.1, 0.15) is 31.2 Å². The molecule has 0 heterocycles. The fraction of sp³-hybridized carbons (Fsp3) is 0.500. The lowest BCUT2D eigenvalue weighted by atomic mass is 9.86. The van der Waals surface area contributed by atoms with Crippen molar-refractivity contribution < 1.29 is 14.7 Å². The number of hydrogen-bond acceptors (Lipinski definition) is 3. The SMILES string of the molecule is Cc1cccc(NC(=O)C(=O)NC[C@@H]2CCCC[C@H]2O)c1. The predicted octanol–water partition coefficient (Wildman–Crippen LogP) is 1.60. The number of carbonyl (C=O) groups excluding carboxylic acids is 2. The molecule has 5 heteroatoms. The Kier molecular flexibility index (Phi) is 5.33. The molecule has 0 spiro atoms. The van der Waals surface area contributed by atoms with Crippen LogP contribution >= 0.6 is 0 Å². The molecule has 0 bridgehead atoms. The Morgan fingerprint density at radius 2 is 2.00 bits per heavy atom. The highest BCUT2D eigenvalue weighted by molar-refractivity contribution is 6.39. The van der Waals surface area contributed by atoms with E-state index in [1.807, 2.05) is 19.1 Å². The van der Waals surface area contributed by atoms with Crippen molar-refractivity contribution in [3.8, 4) is 0 Å². The van der Waals surface area contributed by atoms with Crippen LogP contribution in [0.3, 0.4) is 0 Å². The number of carbonyl (C=O) groups is 2. The Morgan fingerprint density at radius 1 is 1.24 bits per heavy atom. The van der Waals surface area contributed by atoms with Crippen LogP contribution in [-0.4, -0.2) is 29.6 Å². The highest BCUT2D eigenvalue weighted by atomic mass is 16.3. The number of hydrogen-bond donors (Lipinski definition) is 3. The summed E-state index contributed by atoms with van der Waals surface area (Å²) in [6.07, 6.45) is 3.38. The van der Waals surface area contributed by atoms with Crippen LogP contribution in [0.4, 0.5) is 5.69 Å². The Hall–Kier alpha value is -1.88. The zero-order valence-corrected chi connectivity index (χ0v) is 12.3. The zero-order chi connectivity index (χ0) is 15.2. The summed E-state index contributed by atoms with van der Waals surface area (Å²) in [6.45, 7) is 2.27. The molecule has 0 unspecified atom stereocenters. The average Bonchev–Trinajstić information content (AvgIpc) is 2.46. The van der Waals surface area contributed by atoms with Crippen molar-refractivity contribution >= 4 is 17.5 Å². The maximum atomic E-state index is 11.8. The molecule has 2 rings (SSSR count). The number of nitrogens with one attached hydrogen (secondary N) is 2. The number of amides is 2. The van der Waals surface area contributed by atoms with Gasteiger partial charge >= 0.3 is 11.8 Å². The molecule has 0 aliphatic heterocycles. The molecule has 1 aliphatic carbocycles. The van der Waals surface area contributed by atoms with Crippen LogP contribution in [0.15, 0.2) is 24.3 Å². The molecular weight excluding hydrogens is 268 g/mol. The molecule has 1 saturated carbocycles. The molecule has 2 amide bonds. The van der Waals surface area contributed by atoms with Crippen molar-refractivity contribution in [1.82, 2.24) is 5.32 Å². The Morgan fingerprint density at radius 3 is 2.71 bits per heavy atom. The van der Waals surface area contributed by atoms with Crippen molar-refractivity contribution in [3.63, 3.8) is 0 Å². The summed E-state index contributed by atoms with van der Waals surface area (Å²) in [6, 6.07) is 7.28. The first kappa shape index (κ1) is 15.5. The summed E-state index contributed by atoms with van der Waals surface area (Å²) < 4.78 is 0. The summed E-state index contributed by atoms with van der Waals surface area (Å²) in [5, 5.41) is 15.0. The molecule has 3 N–H and O–H groups in total. The molecule has 0 aromatic heterocycles. The number of rotatable bonds is 3. The minimum absolute atomic E-state index is 0.0504. The van der Waals surface area contributed by atoms with Gasteiger partial charge in [-0.15, -0.1) is 0 Å². The summed E-state index contributed by atoms with van der Waals surface area (Å²) >= 11 is 0. The normalized spacial score (nSPS) is 21.6. The van der Waals surface area contributed by atoms with E-state index in [2.05, 4.69) is 10.6 Å². The van der Waals surface area contributed by atoms with Gasteiger partial charge in [-0.25, -0.2) is 0 Å². The highest BCUT2D eigenvalue weighted by Gasteiger charge is 2.24. The Bertz CT molecular complexity index is 516. The molecule has 1 aromatic rings. The number of aryl methyl sites for hydroxylation is 1. The molecular formula is C16H22N2O3. The van der Waals surface area contributed by atoms with Crippen LogP contribution < -0.4 is 10.6 Å². The second-order valence-corrected chi connectivity index (χ2v) is 5.65. The third-order valence-corrected chi connectivity index (χ3v) is 3.88. The summed E-state index contributed by atoms with van der Waals surface area (Å²) in [5.74, 6) is -1.28. The number of aliphatic hydroxyl groups is 1. The molecule has 1 fully saturated rings. The van der Waals surface area contributed by atoms with Crippen molar-refractivity contribution in [2.45, 2.75) is 38.7 Å². The lowest BCUT2D eigenvalue weighted by Gasteiger charge is -2.27. The van der Waals surface area contributed by atoms with E-state index in [-0.39, 0.29) is 12.0 Å². The predicted molar refractivity (Wildman–Crippen MR) is 80.8 cm³/mol. The van der Waals surface area contributed by atoms with Crippen molar-refractivity contribution in [2.24, 2.45) is 5.92 Å². The number of benzene rings is 1. The lowest BCUT2D eigenvalue weighted by Crippen LogP contribution is -2.41. The average molecular weight is 290 g/mol. The van der Waals surface area contributed by atoms with E-state index in [0.717, 1.165) is 31.2 Å². The van der Waals surface area contributed by atoms with Crippen molar-refractivity contribution in [1.29, 1.82) is 0 Å². The monoisotopic (exact) mass is 290 g/mol. The minimum Gasteiger partial charge on any atom is -0.393 e. The van der Waals surface area contributed by atoms with E-state index >= 15 is 0 Å². The van der Waals surface area contributed by atoms with Gasteiger partial charge in [0.05, 0.1) is 6.10 Å². The van der Waals surface area contributed by atoms with Gasteiger partial charge < -0.3 is 15.7 Å². The number of aliphatic hydroxyl groups excluding tert-OH is 1. The van der Waals surface area contributed by atoms with Gasteiger partial charge in [0, 0.05) is 18.2 Å². The van der Waals surface area contributed by atoms with Crippen molar-refractivity contribution in [2.75, 3.05) is 11.9 Å². The highest BCUT2D eigenvalue weighted by Crippen LogP contribution is 2.23. The smallest absolute Gasteiger partial charge is 0.313 e. The van der Waals surface area contributed by atoms with Gasteiger partial charge in [-0.2, -0.15) is 0 Å². The molecule has 1 aliphatic rings. The van der Waals surface area contributed by atoms with Gasteiger partial charge in [-0.3, -0.25) is 9.59 Å². The molecule has 5 nitrogen and oxygen atoms in total. The fourth-order valence-electron chi connectivity index (χ4n) is 2.64. The van der Waals surface area contributed by atoms with Gasteiger partial charge in [0.15, 0.2) is 0 Å². The molecule has 114 valence electrons. The van der Waals surface area contributed by atoms with E-state index in [4.69, 9.17) is 0 Å². The maximum Gasteiger partial charge on any atom is 0.313 e. The second kappa shape index (κ2) is 7.22. The zero-order valence-electron chi connectivity index (χ0n) is 12.3. The van der Waals surface area contributed by atoms with Crippen LogP contribution in [-0.2, 0) is 9.59 Å². The van der Waals surface area contributed by atoms with Gasteiger partial charge in [-0.1, -0.05) is 25.0 Å². The first-order valence-electron chi connectivity index (χ1n) is 7.40. The van der Waals surface area contributed by atoms with E-state index in [9.17, 15) is 14.7 Å². The largest absolute Gasteiger partial charge is 0.393 e. The van der Waals surface area contributed by atoms with E-state index in [0.29, 0.717) is 12.2 Å². The lowest BCUT2D eigenvalue weighted by molar-refractivity contribution is -0.136. The molecule has 0 radical (unpaired) electrons. The van der Waals surface area contributed by atoms with E-state index < -0.39 is 11.8 Å². The standard InChI is InChI=1S/C16H22N2O3/c1-11-5-4-7-13(9-11)18-16(21)15(20)17-10-12-6-2-3-8-14(12)19/h4-5,7,9,12,14,19H,2-3,6,8,10H2,1H3,(H,17,20)(H,18,21)/t12-,14+/m0/s1. The van der Waals surface area contributed by atoms with Crippen molar-refractivity contribution in [3.05, 3.63) is 29.8 Å². The number of anilines is 1. The van der Waals surface area contributed by atoms with Gasteiger partial charge in [0.25, 0.3) is 0 Å². The molecule has 2 atom stereocenters. The van der Waals surface area contributed by atoms with Crippen LogP contribution in [0, 0.1) is 12.8 Å². The Labute approximate surface area is 124 Å². The third-order valence-electron chi connectivity index (χ3n) is 3.88. The van der Waals surface area contributed by atoms with Gasteiger partial charge in [0.2, 0.25) is 0 Å². The Balaban J connectivity index is 1.81. The first-order valence-corrected chi connectivity index (χ1v) is 7.40. The van der Waals surface area contributed by atoms with Crippen LogP contribution in [0.2, 0.25) is 0 Å². The van der Waals surface area contributed by atoms with Gasteiger partial charge in [0.1, 0.15) is 0 Å². The third kappa shape index (κ3) is 4.56.